The summed E-state index contributed by atoms with van der Waals surface area (Å²) in [5, 5.41) is 2.74. The minimum atomic E-state index is 0. The highest BCUT2D eigenvalue weighted by molar-refractivity contribution is 8.93. The fraction of sp³-hybridized carbons (Fsp3) is 0.545. The molecule has 0 bridgehead atoms. The molecule has 0 N–H and O–H groups in total. The molecule has 0 spiro atoms. The first-order chi connectivity index (χ1) is 19.1. The lowest BCUT2D eigenvalue weighted by molar-refractivity contribution is -0.116. The monoisotopic (exact) mass is 650 g/mol. The maximum absolute atomic E-state index is 12.5. The lowest BCUT2D eigenvalue weighted by Gasteiger charge is -2.23. The van der Waals surface area contributed by atoms with Crippen LogP contribution in [0, 0.1) is 0 Å². The molecule has 0 aromatic heterocycles. The predicted molar refractivity (Wildman–Crippen MR) is 179 cm³/mol. The van der Waals surface area contributed by atoms with Gasteiger partial charge < -0.3 is 14.5 Å². The van der Waals surface area contributed by atoms with Gasteiger partial charge in [0.05, 0.1) is 24.1 Å². The van der Waals surface area contributed by atoms with Crippen LogP contribution in [0.1, 0.15) is 102 Å². The van der Waals surface area contributed by atoms with Crippen LogP contribution in [0.3, 0.4) is 0 Å². The average molecular weight is 652 g/mol. The molecule has 2 aromatic carbocycles. The molecule has 3 rings (SSSR count). The molecule has 222 valence electrons. The summed E-state index contributed by atoms with van der Waals surface area (Å²) in [6.07, 6.45) is 18.0. The largest absolute Gasteiger partial charge is 0.492 e. The standard InChI is InChI=1S/C33H47ClN2O2S.BrH/c1-3-4-5-6-7-8-9-10-11-12-13-14-22-38-33-24-30(17-20-32(33)34)26-36(28(2)37)31-18-15-29(16-19-31)25-35-21-23-39-27-35;/h15-21,23-24H,3-14,22,25-27H2,1-2H3;1H. The molecule has 2 aromatic rings. The van der Waals surface area contributed by atoms with Crippen molar-refractivity contribution in [3.63, 3.8) is 0 Å². The molecule has 4 nitrogen and oxygen atoms in total. The fourth-order valence-electron chi connectivity index (χ4n) is 4.87. The van der Waals surface area contributed by atoms with Crippen molar-refractivity contribution in [3.05, 3.63) is 70.2 Å². The van der Waals surface area contributed by atoms with E-state index in [4.69, 9.17) is 16.3 Å². The Balaban J connectivity index is 0.00000560. The van der Waals surface area contributed by atoms with Crippen LogP contribution in [0.2, 0.25) is 5.02 Å². The molecular weight excluding hydrogens is 604 g/mol. The molecule has 40 heavy (non-hydrogen) atoms. The topological polar surface area (TPSA) is 32.8 Å². The Morgan fingerprint density at radius 1 is 0.900 bits per heavy atom. The van der Waals surface area contributed by atoms with Crippen molar-refractivity contribution >= 4 is 51.9 Å². The van der Waals surface area contributed by atoms with Crippen molar-refractivity contribution in [2.24, 2.45) is 0 Å². The van der Waals surface area contributed by atoms with Crippen molar-refractivity contribution in [2.45, 2.75) is 104 Å². The van der Waals surface area contributed by atoms with E-state index in [0.29, 0.717) is 23.9 Å². The summed E-state index contributed by atoms with van der Waals surface area (Å²) < 4.78 is 6.05. The Morgan fingerprint density at radius 3 is 2.08 bits per heavy atom. The number of rotatable bonds is 19. The number of hydrogen-bond donors (Lipinski definition) is 0. The molecule has 1 aliphatic rings. The van der Waals surface area contributed by atoms with E-state index in [-0.39, 0.29) is 22.9 Å². The Hall–Kier alpha value is -1.63. The summed E-state index contributed by atoms with van der Waals surface area (Å²) in [7, 11) is 0. The zero-order valence-electron chi connectivity index (χ0n) is 24.4. The summed E-state index contributed by atoms with van der Waals surface area (Å²) in [6.45, 7) is 5.91. The van der Waals surface area contributed by atoms with E-state index in [1.807, 2.05) is 30.3 Å². The maximum atomic E-state index is 12.5. The number of carbonyl (C=O) groups is 1. The Kier molecular flexibility index (Phi) is 17.5. The molecule has 0 fully saturated rings. The van der Waals surface area contributed by atoms with Crippen LogP contribution in [0.4, 0.5) is 5.69 Å². The number of benzene rings is 2. The molecule has 0 saturated carbocycles. The summed E-state index contributed by atoms with van der Waals surface area (Å²) in [4.78, 5) is 16.6. The molecule has 0 unspecified atom stereocenters. The van der Waals surface area contributed by atoms with Crippen molar-refractivity contribution in [1.82, 2.24) is 4.90 Å². The SMILES string of the molecule is Br.CCCCCCCCCCCCCCOc1cc(CN(C(C)=O)c2ccc(CN3C=CSC3)cc2)ccc1Cl. The Bertz CT molecular complexity index is 1020. The van der Waals surface area contributed by atoms with Crippen LogP contribution in [-0.2, 0) is 17.9 Å². The summed E-state index contributed by atoms with van der Waals surface area (Å²) in [5.41, 5.74) is 3.13. The van der Waals surface area contributed by atoms with E-state index in [1.54, 1.807) is 23.6 Å². The van der Waals surface area contributed by atoms with Crippen molar-refractivity contribution in [1.29, 1.82) is 0 Å². The smallest absolute Gasteiger partial charge is 0.224 e. The van der Waals surface area contributed by atoms with Gasteiger partial charge in [-0.3, -0.25) is 4.79 Å². The number of anilines is 1. The summed E-state index contributed by atoms with van der Waals surface area (Å²) in [5.74, 6) is 1.70. The minimum absolute atomic E-state index is 0. The second-order valence-corrected chi connectivity index (χ2v) is 11.9. The third-order valence-electron chi connectivity index (χ3n) is 7.21. The fourth-order valence-corrected chi connectivity index (χ4v) is 5.76. The van der Waals surface area contributed by atoms with E-state index in [2.05, 4.69) is 35.6 Å². The third-order valence-corrected chi connectivity index (χ3v) is 8.32. The van der Waals surface area contributed by atoms with E-state index >= 15 is 0 Å². The first-order valence-electron chi connectivity index (χ1n) is 14.9. The zero-order valence-corrected chi connectivity index (χ0v) is 27.7. The maximum Gasteiger partial charge on any atom is 0.224 e. The second-order valence-electron chi connectivity index (χ2n) is 10.6. The van der Waals surface area contributed by atoms with Gasteiger partial charge in [-0.25, -0.2) is 0 Å². The predicted octanol–water partition coefficient (Wildman–Crippen LogP) is 10.5. The van der Waals surface area contributed by atoms with Crippen LogP contribution < -0.4 is 9.64 Å². The number of nitrogens with zero attached hydrogens (tertiary/aromatic N) is 2. The molecule has 1 amide bonds. The lowest BCUT2D eigenvalue weighted by atomic mass is 10.1. The van der Waals surface area contributed by atoms with Gasteiger partial charge in [0.25, 0.3) is 0 Å². The molecule has 0 saturated heterocycles. The first kappa shape index (κ1) is 34.6. The van der Waals surface area contributed by atoms with E-state index in [0.717, 1.165) is 30.1 Å². The van der Waals surface area contributed by atoms with Crippen molar-refractivity contribution in [3.8, 4) is 5.75 Å². The highest BCUT2D eigenvalue weighted by Gasteiger charge is 2.14. The molecule has 7 heteroatoms. The quantitative estimate of drug-likeness (QED) is 0.142. The molecule has 0 atom stereocenters. The number of amides is 1. The van der Waals surface area contributed by atoms with Crippen LogP contribution >= 0.6 is 40.3 Å². The number of carbonyl (C=O) groups excluding carboxylic acids is 1. The van der Waals surface area contributed by atoms with Gasteiger partial charge in [0.2, 0.25) is 5.91 Å². The van der Waals surface area contributed by atoms with Gasteiger partial charge in [-0.15, -0.1) is 28.7 Å². The van der Waals surface area contributed by atoms with E-state index < -0.39 is 0 Å². The van der Waals surface area contributed by atoms with Crippen molar-refractivity contribution < 1.29 is 9.53 Å². The van der Waals surface area contributed by atoms with Crippen LogP contribution in [-0.4, -0.2) is 23.3 Å². The number of hydrogen-bond acceptors (Lipinski definition) is 4. The highest BCUT2D eigenvalue weighted by Crippen LogP contribution is 2.28. The van der Waals surface area contributed by atoms with Gasteiger partial charge >= 0.3 is 0 Å². The van der Waals surface area contributed by atoms with E-state index in [9.17, 15) is 4.79 Å². The second kappa shape index (κ2) is 20.3. The number of thioether (sulfide) groups is 1. The van der Waals surface area contributed by atoms with Crippen LogP contribution in [0.5, 0.6) is 5.75 Å². The number of unbranched alkanes of at least 4 members (excludes halogenated alkanes) is 11. The first-order valence-corrected chi connectivity index (χ1v) is 16.3. The van der Waals surface area contributed by atoms with Gasteiger partial charge in [-0.2, -0.15) is 0 Å². The van der Waals surface area contributed by atoms with Crippen LogP contribution in [0.15, 0.2) is 54.1 Å². The van der Waals surface area contributed by atoms with Gasteiger partial charge in [-0.1, -0.05) is 107 Å². The lowest BCUT2D eigenvalue weighted by Crippen LogP contribution is -2.27. The number of ether oxygens (including phenoxy) is 1. The number of halogens is 2. The van der Waals surface area contributed by atoms with E-state index in [1.165, 1.54) is 76.2 Å². The molecular formula is C33H48BrClN2O2S. The van der Waals surface area contributed by atoms with Crippen molar-refractivity contribution in [2.75, 3.05) is 17.4 Å². The Labute approximate surface area is 262 Å². The summed E-state index contributed by atoms with van der Waals surface area (Å²) in [6, 6.07) is 14.1. The minimum Gasteiger partial charge on any atom is -0.492 e. The van der Waals surface area contributed by atoms with Crippen LogP contribution in [0.25, 0.3) is 0 Å². The molecule has 0 radical (unpaired) electrons. The van der Waals surface area contributed by atoms with Gasteiger partial charge in [0.15, 0.2) is 0 Å². The molecule has 0 aliphatic carbocycles. The van der Waals surface area contributed by atoms with Gasteiger partial charge in [0, 0.05) is 25.4 Å². The molecule has 1 heterocycles. The van der Waals surface area contributed by atoms with Gasteiger partial charge in [-0.05, 0) is 47.2 Å². The van der Waals surface area contributed by atoms with Gasteiger partial charge in [0.1, 0.15) is 5.75 Å². The Morgan fingerprint density at radius 2 is 1.50 bits per heavy atom. The molecule has 1 aliphatic heterocycles. The average Bonchev–Trinajstić information content (AvgIpc) is 3.45. The third kappa shape index (κ3) is 12.9. The highest BCUT2D eigenvalue weighted by atomic mass is 79.9. The zero-order chi connectivity index (χ0) is 27.7. The summed E-state index contributed by atoms with van der Waals surface area (Å²) >= 11 is 8.24. The normalized spacial score (nSPS) is 12.4.